The lowest BCUT2D eigenvalue weighted by Crippen LogP contribution is -2.58. The number of esters is 1. The molecule has 0 aromatic heterocycles. The number of aliphatic hydroxyl groups is 2. The Morgan fingerprint density at radius 3 is 1.65 bits per heavy atom. The number of nitrogens with one attached hydrogen (secondary N) is 5. The van der Waals surface area contributed by atoms with Crippen LogP contribution >= 0.6 is 0 Å². The predicted molar refractivity (Wildman–Crippen MR) is 225 cm³/mol. The van der Waals surface area contributed by atoms with Crippen LogP contribution in [0.1, 0.15) is 92.2 Å². The van der Waals surface area contributed by atoms with E-state index >= 15 is 0 Å². The summed E-state index contributed by atoms with van der Waals surface area (Å²) in [5, 5.41) is 35.4. The Labute approximate surface area is 354 Å². The maximum absolute atomic E-state index is 14.0. The maximum Gasteiger partial charge on any atom is 0.408 e. The van der Waals surface area contributed by atoms with Gasteiger partial charge in [0.15, 0.2) is 0 Å². The van der Waals surface area contributed by atoms with Gasteiger partial charge in [-0.2, -0.15) is 0 Å². The van der Waals surface area contributed by atoms with Crippen molar-refractivity contribution in [3.8, 4) is 0 Å². The van der Waals surface area contributed by atoms with Gasteiger partial charge < -0.3 is 51.0 Å². The summed E-state index contributed by atoms with van der Waals surface area (Å²) >= 11 is 0. The molecule has 0 aliphatic heterocycles. The van der Waals surface area contributed by atoms with Crippen molar-refractivity contribution in [2.45, 2.75) is 142 Å². The summed E-state index contributed by atoms with van der Waals surface area (Å²) in [5.74, 6) is -3.32. The maximum atomic E-state index is 14.0. The number of ether oxygens (including phenoxy) is 3. The molecule has 0 aliphatic rings. The molecule has 2 aromatic carbocycles. The van der Waals surface area contributed by atoms with Crippen molar-refractivity contribution in [2.75, 3.05) is 13.7 Å². The Morgan fingerprint density at radius 1 is 0.633 bits per heavy atom. The van der Waals surface area contributed by atoms with E-state index in [1.165, 1.54) is 14.0 Å². The lowest BCUT2D eigenvalue weighted by Gasteiger charge is -2.29. The number of rotatable bonds is 24. The van der Waals surface area contributed by atoms with Crippen LogP contribution in [0, 0.1) is 11.8 Å². The van der Waals surface area contributed by atoms with E-state index in [2.05, 4.69) is 31.3 Å². The second kappa shape index (κ2) is 25.5. The highest BCUT2D eigenvalue weighted by Crippen LogP contribution is 2.15. The van der Waals surface area contributed by atoms with Gasteiger partial charge in [-0.25, -0.2) is 4.79 Å². The number of aliphatic hydroxyl groups excluding tert-OH is 2. The number of carbonyl (C=O) groups excluding carboxylic acids is 6. The van der Waals surface area contributed by atoms with Gasteiger partial charge in [-0.3, -0.25) is 24.0 Å². The van der Waals surface area contributed by atoms with Gasteiger partial charge in [-0.1, -0.05) is 88.4 Å². The molecule has 0 bridgehead atoms. The van der Waals surface area contributed by atoms with Crippen LogP contribution in [0.2, 0.25) is 0 Å². The number of amides is 5. The van der Waals surface area contributed by atoms with Gasteiger partial charge in [0, 0.05) is 6.42 Å². The molecule has 2 aromatic rings. The number of carbonyl (C=O) groups is 6. The zero-order valence-electron chi connectivity index (χ0n) is 36.5. The monoisotopic (exact) mass is 841 g/mol. The van der Waals surface area contributed by atoms with Gasteiger partial charge in [0.25, 0.3) is 0 Å². The number of methoxy groups -OCH3 is 1. The molecular weight excluding hydrogens is 775 g/mol. The first kappa shape index (κ1) is 51.1. The average molecular weight is 842 g/mol. The van der Waals surface area contributed by atoms with Gasteiger partial charge in [-0.05, 0) is 63.5 Å². The largest absolute Gasteiger partial charge is 0.469 e. The highest BCUT2D eigenvalue weighted by molar-refractivity contribution is 5.92. The van der Waals surface area contributed by atoms with Crippen molar-refractivity contribution in [3.05, 3.63) is 71.8 Å². The fourth-order valence-electron chi connectivity index (χ4n) is 6.16. The average Bonchev–Trinajstić information content (AvgIpc) is 3.16. The summed E-state index contributed by atoms with van der Waals surface area (Å²) in [7, 11) is 1.20. The second-order valence-corrected chi connectivity index (χ2v) is 16.8. The minimum Gasteiger partial charge on any atom is -0.469 e. The summed E-state index contributed by atoms with van der Waals surface area (Å²) in [4.78, 5) is 78.9. The zero-order valence-corrected chi connectivity index (χ0v) is 36.5. The fraction of sp³-hybridized carbons (Fsp3) is 0.591. The molecule has 5 amide bonds. The molecule has 0 spiro atoms. The van der Waals surface area contributed by atoms with E-state index in [1.54, 1.807) is 45.0 Å². The second-order valence-electron chi connectivity index (χ2n) is 16.8. The minimum atomic E-state index is -1.41. The molecule has 334 valence electrons. The van der Waals surface area contributed by atoms with Crippen molar-refractivity contribution in [1.29, 1.82) is 0 Å². The molecular formula is C44H67N5O11. The molecule has 0 unspecified atom stereocenters. The molecule has 7 N–H and O–H groups in total. The van der Waals surface area contributed by atoms with E-state index in [1.807, 2.05) is 64.1 Å². The highest BCUT2D eigenvalue weighted by Gasteiger charge is 2.33. The van der Waals surface area contributed by atoms with Crippen LogP contribution in [0.4, 0.5) is 4.79 Å². The van der Waals surface area contributed by atoms with E-state index < -0.39 is 90.1 Å². The highest BCUT2D eigenvalue weighted by atomic mass is 16.6. The molecule has 0 radical (unpaired) electrons. The number of hydrogen-bond acceptors (Lipinski definition) is 11. The van der Waals surface area contributed by atoms with Gasteiger partial charge in [0.2, 0.25) is 23.6 Å². The van der Waals surface area contributed by atoms with E-state index in [0.29, 0.717) is 6.42 Å². The standard InChI is InChI=1S/C44H67N5O11/c1-27(2)20-32(36(50)23-38(52)45-29(5)40(54)46-33(21-28(3)4)37(51)24-39(53)58-9)47-42(56)35(26-59-25-31-18-14-11-15-19-31)48-41(55)34(22-30-16-12-10-13-17-30)49-43(57)60-44(6,7)8/h10-19,27-29,32-37,50-51H,20-26H2,1-9H3,(H,45,52)(H,46,54)(H,47,56)(H,48,55)(H,49,57)/t29-,32-,33-,34-,35-,36-,37-/m0/s1. The Hall–Kier alpha value is -5.06. The molecule has 2 rings (SSSR count). The summed E-state index contributed by atoms with van der Waals surface area (Å²) in [5.41, 5.74) is 0.726. The van der Waals surface area contributed by atoms with Crippen molar-refractivity contribution < 1.29 is 53.2 Å². The lowest BCUT2D eigenvalue weighted by molar-refractivity contribution is -0.144. The van der Waals surface area contributed by atoms with Crippen LogP contribution in [0.5, 0.6) is 0 Å². The van der Waals surface area contributed by atoms with Crippen molar-refractivity contribution in [1.82, 2.24) is 26.6 Å². The first-order valence-electron chi connectivity index (χ1n) is 20.5. The molecule has 0 fully saturated rings. The molecule has 16 heteroatoms. The zero-order chi connectivity index (χ0) is 45.0. The first-order chi connectivity index (χ1) is 28.2. The quantitative estimate of drug-likeness (QED) is 0.0760. The van der Waals surface area contributed by atoms with E-state index in [-0.39, 0.29) is 44.3 Å². The molecule has 0 heterocycles. The first-order valence-corrected chi connectivity index (χ1v) is 20.5. The lowest BCUT2D eigenvalue weighted by atomic mass is 9.96. The third kappa shape index (κ3) is 20.3. The Bertz CT molecular complexity index is 1650. The summed E-state index contributed by atoms with van der Waals surface area (Å²) in [6.45, 7) is 13.9. The van der Waals surface area contributed by atoms with E-state index in [4.69, 9.17) is 9.47 Å². The fourth-order valence-corrected chi connectivity index (χ4v) is 6.16. The Kier molecular flexibility index (Phi) is 21.7. The molecule has 7 atom stereocenters. The Balaban J connectivity index is 2.25. The van der Waals surface area contributed by atoms with Gasteiger partial charge in [0.05, 0.1) is 57.5 Å². The number of alkyl carbamates (subject to hydrolysis) is 1. The van der Waals surface area contributed by atoms with Crippen molar-refractivity contribution in [2.24, 2.45) is 11.8 Å². The van der Waals surface area contributed by atoms with Crippen LogP contribution in [-0.2, 0) is 51.2 Å². The predicted octanol–water partition coefficient (Wildman–Crippen LogP) is 3.07. The van der Waals surface area contributed by atoms with E-state index in [0.717, 1.165) is 11.1 Å². The van der Waals surface area contributed by atoms with E-state index in [9.17, 15) is 39.0 Å². The van der Waals surface area contributed by atoms with Gasteiger partial charge >= 0.3 is 12.1 Å². The summed E-state index contributed by atoms with van der Waals surface area (Å²) in [6, 6.07) is 12.9. The van der Waals surface area contributed by atoms with Crippen LogP contribution in [0.3, 0.4) is 0 Å². The molecule has 60 heavy (non-hydrogen) atoms. The summed E-state index contributed by atoms with van der Waals surface area (Å²) in [6.07, 6.45) is -3.60. The SMILES string of the molecule is COC(=O)C[C@H](O)[C@H](CC(C)C)NC(=O)[C@H](C)NC(=O)C[C@H](O)[C@H](CC(C)C)NC(=O)[C@H](COCc1ccccc1)NC(=O)[C@H](Cc1ccccc1)NC(=O)OC(C)(C)C. The third-order valence-electron chi connectivity index (χ3n) is 9.12. The topological polar surface area (TPSA) is 231 Å². The van der Waals surface area contributed by atoms with Crippen molar-refractivity contribution >= 4 is 35.7 Å². The Morgan fingerprint density at radius 2 is 1.13 bits per heavy atom. The minimum absolute atomic E-state index is 0.0531. The van der Waals surface area contributed by atoms with Crippen LogP contribution in [0.25, 0.3) is 0 Å². The van der Waals surface area contributed by atoms with Crippen LogP contribution in [-0.4, -0.2) is 108 Å². The third-order valence-corrected chi connectivity index (χ3v) is 9.12. The van der Waals surface area contributed by atoms with Crippen LogP contribution in [0.15, 0.2) is 60.7 Å². The molecule has 0 aliphatic carbocycles. The molecule has 0 saturated carbocycles. The van der Waals surface area contributed by atoms with Crippen molar-refractivity contribution in [3.63, 3.8) is 0 Å². The number of hydrogen-bond donors (Lipinski definition) is 7. The smallest absolute Gasteiger partial charge is 0.408 e. The normalized spacial score (nSPS) is 15.0. The van der Waals surface area contributed by atoms with Gasteiger partial charge in [0.1, 0.15) is 23.7 Å². The van der Waals surface area contributed by atoms with Crippen LogP contribution < -0.4 is 26.6 Å². The van der Waals surface area contributed by atoms with Gasteiger partial charge in [-0.15, -0.1) is 0 Å². The molecule has 0 saturated heterocycles. The number of benzene rings is 2. The summed E-state index contributed by atoms with van der Waals surface area (Å²) < 4.78 is 16.0. The molecule has 16 nitrogen and oxygen atoms in total.